The Balaban J connectivity index is 1.18. The third-order valence-electron chi connectivity index (χ3n) is 10.7. The molecule has 1 unspecified atom stereocenters. The maximum atomic E-state index is 6.59. The van der Waals surface area contributed by atoms with Crippen LogP contribution in [0.5, 0.6) is 11.5 Å². The largest absolute Gasteiger partial charge is 0.456 e. The van der Waals surface area contributed by atoms with E-state index in [9.17, 15) is 0 Å². The van der Waals surface area contributed by atoms with Crippen molar-refractivity contribution in [1.29, 1.82) is 0 Å². The summed E-state index contributed by atoms with van der Waals surface area (Å²) in [6.45, 7) is 0. The van der Waals surface area contributed by atoms with Gasteiger partial charge < -0.3 is 4.74 Å². The number of benzene rings is 8. The monoisotopic (exact) mass is 582 g/mol. The van der Waals surface area contributed by atoms with Gasteiger partial charge in [0.2, 0.25) is 0 Å². The van der Waals surface area contributed by atoms with E-state index in [0.717, 1.165) is 22.6 Å². The van der Waals surface area contributed by atoms with Crippen LogP contribution >= 0.6 is 0 Å². The Morgan fingerprint density at radius 3 is 1.83 bits per heavy atom. The maximum absolute atomic E-state index is 6.59. The van der Waals surface area contributed by atoms with Crippen LogP contribution < -0.4 is 4.74 Å². The lowest BCUT2D eigenvalue weighted by Gasteiger charge is -2.31. The number of fused-ring (bicyclic) bond motifs is 14. The lowest BCUT2D eigenvalue weighted by Crippen LogP contribution is -2.26. The minimum absolute atomic E-state index is 0.409. The molecule has 0 aromatic heterocycles. The molecule has 0 radical (unpaired) electrons. The summed E-state index contributed by atoms with van der Waals surface area (Å²) in [6, 6.07) is 58.3. The molecule has 212 valence electrons. The second-order valence-electron chi connectivity index (χ2n) is 12.8. The molecule has 1 aliphatic heterocycles. The topological polar surface area (TPSA) is 9.23 Å². The van der Waals surface area contributed by atoms with Crippen molar-refractivity contribution in [3.63, 3.8) is 0 Å². The van der Waals surface area contributed by atoms with E-state index in [1.54, 1.807) is 0 Å². The predicted octanol–water partition coefficient (Wildman–Crippen LogP) is 11.8. The fourth-order valence-electron chi connectivity index (χ4n) is 8.84. The van der Waals surface area contributed by atoms with E-state index in [1.165, 1.54) is 77.2 Å². The normalized spacial score (nSPS) is 16.1. The number of hydrogen-bond acceptors (Lipinski definition) is 1. The van der Waals surface area contributed by atoms with Gasteiger partial charge in [-0.25, -0.2) is 0 Å². The third kappa shape index (κ3) is 2.91. The molecule has 0 amide bonds. The molecule has 0 fully saturated rings. The molecule has 1 heterocycles. The molecule has 1 spiro atoms. The Morgan fingerprint density at radius 2 is 0.978 bits per heavy atom. The van der Waals surface area contributed by atoms with Crippen molar-refractivity contribution in [2.45, 2.75) is 5.41 Å². The van der Waals surface area contributed by atoms with Gasteiger partial charge in [0.1, 0.15) is 11.5 Å². The summed E-state index contributed by atoms with van der Waals surface area (Å²) >= 11 is 0. The zero-order chi connectivity index (χ0) is 30.0. The second-order valence-corrected chi connectivity index (χ2v) is 12.8. The van der Waals surface area contributed by atoms with Gasteiger partial charge in [-0.3, -0.25) is 0 Å². The lowest BCUT2D eigenvalue weighted by molar-refractivity contribution is 0.487. The van der Waals surface area contributed by atoms with Gasteiger partial charge in [0.15, 0.2) is 0 Å². The van der Waals surface area contributed by atoms with Crippen LogP contribution in [0, 0.1) is 0 Å². The summed E-state index contributed by atoms with van der Waals surface area (Å²) in [5.74, 6) is 1.83. The van der Waals surface area contributed by atoms with E-state index in [-0.39, 0.29) is 0 Å². The van der Waals surface area contributed by atoms with E-state index in [2.05, 4.69) is 158 Å². The van der Waals surface area contributed by atoms with Crippen LogP contribution in [0.3, 0.4) is 0 Å². The lowest BCUT2D eigenvalue weighted by atomic mass is 9.69. The average molecular weight is 583 g/mol. The quantitative estimate of drug-likeness (QED) is 0.187. The van der Waals surface area contributed by atoms with Crippen molar-refractivity contribution in [3.8, 4) is 56.0 Å². The molecule has 8 aromatic carbocycles. The van der Waals surface area contributed by atoms with Gasteiger partial charge in [0.25, 0.3) is 0 Å². The van der Waals surface area contributed by atoms with Gasteiger partial charge in [-0.2, -0.15) is 0 Å². The van der Waals surface area contributed by atoms with Crippen molar-refractivity contribution >= 4 is 21.5 Å². The highest BCUT2D eigenvalue weighted by Gasteiger charge is 2.52. The molecule has 2 aliphatic carbocycles. The fraction of sp³-hybridized carbons (Fsp3) is 0.0222. The number of ether oxygens (including phenoxy) is 1. The smallest absolute Gasteiger partial charge is 0.135 e. The van der Waals surface area contributed by atoms with Crippen molar-refractivity contribution in [2.24, 2.45) is 0 Å². The summed E-state index contributed by atoms with van der Waals surface area (Å²) < 4.78 is 6.59. The number of rotatable bonds is 1. The van der Waals surface area contributed by atoms with E-state index in [0.29, 0.717) is 0 Å². The van der Waals surface area contributed by atoms with E-state index >= 15 is 0 Å². The summed E-state index contributed by atoms with van der Waals surface area (Å²) in [7, 11) is 0. The van der Waals surface area contributed by atoms with Gasteiger partial charge in [0, 0.05) is 10.9 Å². The molecule has 46 heavy (non-hydrogen) atoms. The molecule has 1 nitrogen and oxygen atoms in total. The molecule has 1 atom stereocenters. The first kappa shape index (κ1) is 24.4. The summed E-state index contributed by atoms with van der Waals surface area (Å²) in [4.78, 5) is 0. The molecule has 11 rings (SSSR count). The minimum atomic E-state index is -0.409. The Kier molecular flexibility index (Phi) is 4.57. The van der Waals surface area contributed by atoms with Gasteiger partial charge in [0.05, 0.1) is 5.41 Å². The first-order valence-electron chi connectivity index (χ1n) is 16.0. The van der Waals surface area contributed by atoms with Gasteiger partial charge >= 0.3 is 0 Å². The highest BCUT2D eigenvalue weighted by molar-refractivity contribution is 6.06. The Bertz CT molecular complexity index is 2610. The standard InChI is InChI=1S/C45H26O/c1-2-12-31-27(9-1)19-24-37-33-14-4-6-17-39(33)45(44(31)37)38-16-5-3-13-32(38)34-22-20-29(25-40(34)45)30-21-23-35-36-15-7-10-28-11-8-18-41(43(28)36)46-42(35)26-30/h1-26H. The molecule has 0 saturated carbocycles. The predicted molar refractivity (Wildman–Crippen MR) is 189 cm³/mol. The summed E-state index contributed by atoms with van der Waals surface area (Å²) in [6.07, 6.45) is 0. The molecule has 0 N–H and O–H groups in total. The highest BCUT2D eigenvalue weighted by Crippen LogP contribution is 2.64. The van der Waals surface area contributed by atoms with Gasteiger partial charge in [-0.05, 0) is 102 Å². The van der Waals surface area contributed by atoms with Crippen LogP contribution in [0.25, 0.3) is 66.1 Å². The van der Waals surface area contributed by atoms with Crippen molar-refractivity contribution in [2.75, 3.05) is 0 Å². The first-order valence-corrected chi connectivity index (χ1v) is 16.0. The first-order chi connectivity index (χ1) is 22.8. The van der Waals surface area contributed by atoms with E-state index in [4.69, 9.17) is 4.74 Å². The van der Waals surface area contributed by atoms with Gasteiger partial charge in [-0.15, -0.1) is 0 Å². The van der Waals surface area contributed by atoms with E-state index in [1.807, 2.05) is 0 Å². The zero-order valence-corrected chi connectivity index (χ0v) is 24.9. The van der Waals surface area contributed by atoms with Crippen molar-refractivity contribution in [1.82, 2.24) is 0 Å². The molecule has 8 aromatic rings. The van der Waals surface area contributed by atoms with Gasteiger partial charge in [-0.1, -0.05) is 133 Å². The molecule has 1 heteroatoms. The average Bonchev–Trinajstić information content (AvgIpc) is 3.59. The van der Waals surface area contributed by atoms with Crippen LogP contribution in [0.15, 0.2) is 158 Å². The van der Waals surface area contributed by atoms with Crippen molar-refractivity contribution in [3.05, 3.63) is 180 Å². The maximum Gasteiger partial charge on any atom is 0.135 e. The van der Waals surface area contributed by atoms with Crippen LogP contribution in [0.1, 0.15) is 22.3 Å². The summed E-state index contributed by atoms with van der Waals surface area (Å²) in [5, 5.41) is 4.99. The Hall–Kier alpha value is -5.92. The Morgan fingerprint density at radius 1 is 0.370 bits per heavy atom. The van der Waals surface area contributed by atoms with Crippen LogP contribution in [0.4, 0.5) is 0 Å². The fourth-order valence-corrected chi connectivity index (χ4v) is 8.84. The molecular formula is C45H26O. The Labute approximate surface area is 267 Å². The third-order valence-corrected chi connectivity index (χ3v) is 10.7. The summed E-state index contributed by atoms with van der Waals surface area (Å²) in [5.41, 5.74) is 15.1. The highest BCUT2D eigenvalue weighted by atomic mass is 16.5. The second kappa shape index (κ2) is 8.62. The van der Waals surface area contributed by atoms with E-state index < -0.39 is 5.41 Å². The molecule has 0 saturated heterocycles. The zero-order valence-electron chi connectivity index (χ0n) is 24.9. The molecular weight excluding hydrogens is 556 g/mol. The van der Waals surface area contributed by atoms with Crippen LogP contribution in [-0.4, -0.2) is 0 Å². The molecule has 3 aliphatic rings. The van der Waals surface area contributed by atoms with Crippen LogP contribution in [0.2, 0.25) is 0 Å². The van der Waals surface area contributed by atoms with Crippen molar-refractivity contribution < 1.29 is 4.74 Å². The van der Waals surface area contributed by atoms with Crippen LogP contribution in [-0.2, 0) is 5.41 Å². The SMILES string of the molecule is c1ccc2c(c1)-c1ccc(-c3ccc4c(c3)Oc3cccc5cccc-4c35)cc1C21c2ccccc2-c2ccc3ccccc3c21. The number of hydrogen-bond donors (Lipinski definition) is 0. The molecule has 0 bridgehead atoms. The minimum Gasteiger partial charge on any atom is -0.456 e.